The lowest BCUT2D eigenvalue weighted by Gasteiger charge is -2.25. The fourth-order valence-electron chi connectivity index (χ4n) is 2.93. The van der Waals surface area contributed by atoms with Gasteiger partial charge in [0, 0.05) is 5.56 Å². The Kier molecular flexibility index (Phi) is 4.11. The third-order valence-corrected chi connectivity index (χ3v) is 4.82. The topological polar surface area (TPSA) is 51.2 Å². The molecule has 3 aromatic rings. The van der Waals surface area contributed by atoms with E-state index >= 15 is 0 Å². The molecule has 2 aromatic carbocycles. The number of amides is 1. The monoisotopic (exact) mass is 336 g/mol. The standard InChI is InChI=1S/C19H16N2O2S/c22-18(17-15-9-5-4-6-13(15)10-11-23-17)21-19-16(20-12-24-19)14-7-2-1-3-8-14/h1-9,12,17H,10-11H2,(H,21,22). The highest BCUT2D eigenvalue weighted by molar-refractivity contribution is 7.14. The Balaban J connectivity index is 1.60. The molecule has 2 heterocycles. The van der Waals surface area contributed by atoms with Gasteiger partial charge in [0.15, 0.2) is 6.10 Å². The van der Waals surface area contributed by atoms with E-state index in [4.69, 9.17) is 4.74 Å². The summed E-state index contributed by atoms with van der Waals surface area (Å²) >= 11 is 1.42. The van der Waals surface area contributed by atoms with Crippen molar-refractivity contribution in [2.45, 2.75) is 12.5 Å². The lowest BCUT2D eigenvalue weighted by Crippen LogP contribution is -2.28. The number of anilines is 1. The van der Waals surface area contributed by atoms with Crippen molar-refractivity contribution < 1.29 is 9.53 Å². The summed E-state index contributed by atoms with van der Waals surface area (Å²) in [6.07, 6.45) is 0.274. The second-order valence-electron chi connectivity index (χ2n) is 5.59. The third-order valence-electron chi connectivity index (χ3n) is 4.08. The van der Waals surface area contributed by atoms with E-state index in [-0.39, 0.29) is 5.91 Å². The van der Waals surface area contributed by atoms with Crippen LogP contribution in [0.5, 0.6) is 0 Å². The van der Waals surface area contributed by atoms with Crippen molar-refractivity contribution in [1.82, 2.24) is 4.98 Å². The zero-order valence-corrected chi connectivity index (χ0v) is 13.8. The van der Waals surface area contributed by atoms with Crippen molar-refractivity contribution in [2.24, 2.45) is 0 Å². The Morgan fingerprint density at radius 3 is 2.79 bits per heavy atom. The molecular formula is C19H16N2O2S. The van der Waals surface area contributed by atoms with Gasteiger partial charge < -0.3 is 10.1 Å². The van der Waals surface area contributed by atoms with Crippen LogP contribution in [-0.4, -0.2) is 17.5 Å². The number of rotatable bonds is 3. The number of ether oxygens (including phenoxy) is 1. The van der Waals surface area contributed by atoms with Gasteiger partial charge in [0.05, 0.1) is 12.1 Å². The predicted octanol–water partition coefficient (Wildman–Crippen LogP) is 4.06. The minimum atomic E-state index is -0.569. The van der Waals surface area contributed by atoms with E-state index in [2.05, 4.69) is 16.4 Å². The van der Waals surface area contributed by atoms with Gasteiger partial charge in [-0.15, -0.1) is 11.3 Å². The molecule has 1 aliphatic rings. The predicted molar refractivity (Wildman–Crippen MR) is 95.0 cm³/mol. The van der Waals surface area contributed by atoms with Gasteiger partial charge in [-0.2, -0.15) is 0 Å². The Labute approximate surface area is 144 Å². The summed E-state index contributed by atoms with van der Waals surface area (Å²) in [4.78, 5) is 17.1. The maximum absolute atomic E-state index is 12.8. The quantitative estimate of drug-likeness (QED) is 0.784. The lowest BCUT2D eigenvalue weighted by molar-refractivity contribution is -0.128. The van der Waals surface area contributed by atoms with Crippen LogP contribution < -0.4 is 5.32 Å². The Morgan fingerprint density at radius 1 is 1.12 bits per heavy atom. The van der Waals surface area contributed by atoms with Crippen LogP contribution >= 0.6 is 11.3 Å². The number of fused-ring (bicyclic) bond motifs is 1. The molecule has 0 fully saturated rings. The molecule has 4 nitrogen and oxygen atoms in total. The van der Waals surface area contributed by atoms with Crippen molar-refractivity contribution in [1.29, 1.82) is 0 Å². The second kappa shape index (κ2) is 6.55. The highest BCUT2D eigenvalue weighted by Gasteiger charge is 2.28. The molecule has 0 radical (unpaired) electrons. The normalized spacial score (nSPS) is 16.4. The van der Waals surface area contributed by atoms with E-state index in [1.165, 1.54) is 16.9 Å². The summed E-state index contributed by atoms with van der Waals surface area (Å²) < 4.78 is 5.73. The van der Waals surface area contributed by atoms with Crippen molar-refractivity contribution in [2.75, 3.05) is 11.9 Å². The molecule has 0 saturated carbocycles. The summed E-state index contributed by atoms with van der Waals surface area (Å²) in [6.45, 7) is 0.559. The molecule has 0 bridgehead atoms. The summed E-state index contributed by atoms with van der Waals surface area (Å²) in [7, 11) is 0. The fourth-order valence-corrected chi connectivity index (χ4v) is 3.63. The molecule has 1 N–H and O–H groups in total. The van der Waals surface area contributed by atoms with Crippen LogP contribution in [-0.2, 0) is 16.0 Å². The number of benzene rings is 2. The summed E-state index contributed by atoms with van der Waals surface area (Å²) in [5, 5.41) is 3.74. The highest BCUT2D eigenvalue weighted by Crippen LogP contribution is 2.33. The largest absolute Gasteiger partial charge is 0.363 e. The van der Waals surface area contributed by atoms with Crippen molar-refractivity contribution >= 4 is 22.2 Å². The van der Waals surface area contributed by atoms with Crippen LogP contribution in [0.15, 0.2) is 60.1 Å². The number of hydrogen-bond donors (Lipinski definition) is 1. The molecule has 0 spiro atoms. The molecule has 1 aromatic heterocycles. The maximum Gasteiger partial charge on any atom is 0.258 e. The van der Waals surface area contributed by atoms with Gasteiger partial charge in [-0.3, -0.25) is 4.79 Å². The number of carbonyl (C=O) groups is 1. The molecule has 0 saturated heterocycles. The van der Waals surface area contributed by atoms with Gasteiger partial charge in [-0.05, 0) is 17.5 Å². The zero-order chi connectivity index (χ0) is 16.4. The second-order valence-corrected chi connectivity index (χ2v) is 6.44. The van der Waals surface area contributed by atoms with Crippen LogP contribution in [0.2, 0.25) is 0 Å². The van der Waals surface area contributed by atoms with Crippen LogP contribution in [0.4, 0.5) is 5.00 Å². The molecule has 1 aliphatic heterocycles. The Bertz CT molecular complexity index is 861. The third kappa shape index (κ3) is 2.84. The minimum absolute atomic E-state index is 0.149. The molecule has 1 unspecified atom stereocenters. The van der Waals surface area contributed by atoms with Gasteiger partial charge in [-0.25, -0.2) is 4.98 Å². The van der Waals surface area contributed by atoms with Gasteiger partial charge in [0.1, 0.15) is 10.7 Å². The first-order valence-electron chi connectivity index (χ1n) is 7.82. The average Bonchev–Trinajstić information content (AvgIpc) is 3.10. The van der Waals surface area contributed by atoms with Crippen molar-refractivity contribution in [3.05, 3.63) is 71.2 Å². The van der Waals surface area contributed by atoms with E-state index < -0.39 is 6.10 Å². The number of aromatic nitrogens is 1. The van der Waals surface area contributed by atoms with Crippen molar-refractivity contribution in [3.63, 3.8) is 0 Å². The molecule has 4 rings (SSSR count). The van der Waals surface area contributed by atoms with E-state index in [9.17, 15) is 4.79 Å². The first kappa shape index (κ1) is 15.1. The number of thiazole rings is 1. The van der Waals surface area contributed by atoms with Gasteiger partial charge in [0.2, 0.25) is 0 Å². The number of carbonyl (C=O) groups excluding carboxylic acids is 1. The molecule has 0 aliphatic carbocycles. The molecule has 24 heavy (non-hydrogen) atoms. The Hall–Kier alpha value is -2.50. The van der Waals surface area contributed by atoms with Gasteiger partial charge in [-0.1, -0.05) is 54.6 Å². The maximum atomic E-state index is 12.8. The van der Waals surface area contributed by atoms with Crippen LogP contribution in [0.1, 0.15) is 17.2 Å². The van der Waals surface area contributed by atoms with E-state index in [1.54, 1.807) is 5.51 Å². The lowest BCUT2D eigenvalue weighted by atomic mass is 9.97. The molecule has 1 atom stereocenters. The van der Waals surface area contributed by atoms with E-state index in [0.717, 1.165) is 28.2 Å². The van der Waals surface area contributed by atoms with Crippen LogP contribution in [0.25, 0.3) is 11.3 Å². The first-order chi connectivity index (χ1) is 11.8. The smallest absolute Gasteiger partial charge is 0.258 e. The zero-order valence-electron chi connectivity index (χ0n) is 12.9. The number of hydrogen-bond acceptors (Lipinski definition) is 4. The Morgan fingerprint density at radius 2 is 1.92 bits per heavy atom. The van der Waals surface area contributed by atoms with E-state index in [1.807, 2.05) is 48.5 Å². The minimum Gasteiger partial charge on any atom is -0.363 e. The highest BCUT2D eigenvalue weighted by atomic mass is 32.1. The number of nitrogens with one attached hydrogen (secondary N) is 1. The van der Waals surface area contributed by atoms with Crippen LogP contribution in [0.3, 0.4) is 0 Å². The fraction of sp³-hybridized carbons (Fsp3) is 0.158. The van der Waals surface area contributed by atoms with Gasteiger partial charge >= 0.3 is 0 Å². The molecule has 5 heteroatoms. The summed E-state index contributed by atoms with van der Waals surface area (Å²) in [5.74, 6) is -0.149. The molecule has 1 amide bonds. The van der Waals surface area contributed by atoms with Gasteiger partial charge in [0.25, 0.3) is 5.91 Å². The summed E-state index contributed by atoms with van der Waals surface area (Å²) in [6, 6.07) is 17.8. The number of nitrogens with zero attached hydrogens (tertiary/aromatic N) is 1. The summed E-state index contributed by atoms with van der Waals surface area (Å²) in [5.41, 5.74) is 5.65. The van der Waals surface area contributed by atoms with Crippen LogP contribution in [0, 0.1) is 0 Å². The SMILES string of the molecule is O=C(Nc1scnc1-c1ccccc1)C1OCCc2ccccc21. The molecular weight excluding hydrogens is 320 g/mol. The average molecular weight is 336 g/mol. The van der Waals surface area contributed by atoms with Crippen molar-refractivity contribution in [3.8, 4) is 11.3 Å². The molecule has 120 valence electrons. The first-order valence-corrected chi connectivity index (χ1v) is 8.70. The van der Waals surface area contributed by atoms with E-state index in [0.29, 0.717) is 6.61 Å².